The molecule has 2 amide bonds. The van der Waals surface area contributed by atoms with Crippen LogP contribution in [-0.2, 0) is 10.0 Å². The summed E-state index contributed by atoms with van der Waals surface area (Å²) in [5, 5.41) is 13.1. The quantitative estimate of drug-likeness (QED) is 0.485. The van der Waals surface area contributed by atoms with Gasteiger partial charge in [-0.1, -0.05) is 24.3 Å². The third-order valence-corrected chi connectivity index (χ3v) is 5.53. The Morgan fingerprint density at radius 2 is 1.54 bits per heavy atom. The van der Waals surface area contributed by atoms with E-state index in [-0.39, 0.29) is 21.8 Å². The van der Waals surface area contributed by atoms with Crippen molar-refractivity contribution in [1.29, 1.82) is 0 Å². The number of carbonyl (C=O) groups is 2. The molecule has 0 unspecified atom stereocenters. The number of hydrogen-bond donors (Lipinski definition) is 3. The molecule has 0 saturated heterocycles. The third kappa shape index (κ3) is 2.47. The number of phenolic OH excluding ortho intramolecular Hbond substituents is 1. The van der Waals surface area contributed by atoms with Gasteiger partial charge in [0, 0.05) is 10.8 Å². The molecule has 0 saturated carbocycles. The first-order valence-corrected chi connectivity index (χ1v) is 9.08. The zero-order chi connectivity index (χ0) is 18.5. The molecular weight excluding hydrogens is 356 g/mol. The Labute approximate surface area is 148 Å². The van der Waals surface area contributed by atoms with Gasteiger partial charge in [-0.05, 0) is 30.3 Å². The predicted molar refractivity (Wildman–Crippen MR) is 94.7 cm³/mol. The van der Waals surface area contributed by atoms with Crippen LogP contribution in [0.25, 0.3) is 10.8 Å². The average molecular weight is 368 g/mol. The van der Waals surface area contributed by atoms with Crippen LogP contribution in [0.2, 0.25) is 0 Å². The summed E-state index contributed by atoms with van der Waals surface area (Å²) in [6.45, 7) is 0. The Kier molecular flexibility index (Phi) is 3.45. The maximum atomic E-state index is 12.7. The van der Waals surface area contributed by atoms with Crippen molar-refractivity contribution in [3.63, 3.8) is 0 Å². The van der Waals surface area contributed by atoms with Crippen LogP contribution in [0, 0.1) is 0 Å². The Hall–Kier alpha value is -3.39. The van der Waals surface area contributed by atoms with E-state index in [4.69, 9.17) is 0 Å². The van der Waals surface area contributed by atoms with E-state index in [1.807, 2.05) is 0 Å². The van der Waals surface area contributed by atoms with E-state index >= 15 is 0 Å². The number of aromatic hydroxyl groups is 1. The second-order valence-corrected chi connectivity index (χ2v) is 7.46. The number of rotatable bonds is 3. The molecule has 0 atom stereocenters. The van der Waals surface area contributed by atoms with Crippen LogP contribution < -0.4 is 10.0 Å². The first-order valence-electron chi connectivity index (χ1n) is 7.60. The minimum Gasteiger partial charge on any atom is -0.507 e. The number of imide groups is 1. The lowest BCUT2D eigenvalue weighted by atomic mass is 10.1. The lowest BCUT2D eigenvalue weighted by molar-refractivity contribution is 0.0879. The number of hydrogen-bond acceptors (Lipinski definition) is 5. The second-order valence-electron chi connectivity index (χ2n) is 5.77. The van der Waals surface area contributed by atoms with Crippen LogP contribution in [0.4, 0.5) is 5.69 Å². The van der Waals surface area contributed by atoms with Gasteiger partial charge in [-0.15, -0.1) is 0 Å². The van der Waals surface area contributed by atoms with Gasteiger partial charge in [0.25, 0.3) is 21.8 Å². The monoisotopic (exact) mass is 368 g/mol. The molecule has 4 rings (SSSR count). The molecule has 3 N–H and O–H groups in total. The first-order chi connectivity index (χ1) is 12.4. The van der Waals surface area contributed by atoms with Crippen LogP contribution in [0.15, 0.2) is 59.5 Å². The lowest BCUT2D eigenvalue weighted by Crippen LogP contribution is -2.19. The molecule has 26 heavy (non-hydrogen) atoms. The zero-order valence-corrected chi connectivity index (χ0v) is 14.0. The minimum absolute atomic E-state index is 0.0217. The fraction of sp³-hybridized carbons (Fsp3) is 0. The van der Waals surface area contributed by atoms with E-state index in [0.717, 1.165) is 0 Å². The van der Waals surface area contributed by atoms with E-state index < -0.39 is 21.8 Å². The van der Waals surface area contributed by atoms with Gasteiger partial charge < -0.3 is 5.11 Å². The van der Waals surface area contributed by atoms with Gasteiger partial charge in [-0.3, -0.25) is 19.6 Å². The molecule has 0 radical (unpaired) electrons. The van der Waals surface area contributed by atoms with Gasteiger partial charge in [0.1, 0.15) is 5.75 Å². The highest BCUT2D eigenvalue weighted by Crippen LogP contribution is 2.32. The molecule has 0 bridgehead atoms. The summed E-state index contributed by atoms with van der Waals surface area (Å²) in [4.78, 5) is 23.2. The first kappa shape index (κ1) is 16.1. The normalized spacial score (nSPS) is 13.5. The van der Waals surface area contributed by atoms with Crippen LogP contribution in [0.3, 0.4) is 0 Å². The molecule has 3 aromatic rings. The van der Waals surface area contributed by atoms with Gasteiger partial charge in [0.2, 0.25) is 0 Å². The maximum absolute atomic E-state index is 12.7. The fourth-order valence-corrected chi connectivity index (χ4v) is 4.00. The fourth-order valence-electron chi connectivity index (χ4n) is 2.89. The topological polar surface area (TPSA) is 113 Å². The number of sulfonamides is 1. The largest absolute Gasteiger partial charge is 0.507 e. The third-order valence-electron chi connectivity index (χ3n) is 4.16. The van der Waals surface area contributed by atoms with Crippen molar-refractivity contribution < 1.29 is 23.1 Å². The van der Waals surface area contributed by atoms with E-state index in [1.165, 1.54) is 30.3 Å². The maximum Gasteiger partial charge on any atom is 0.261 e. The number of benzene rings is 3. The lowest BCUT2D eigenvalue weighted by Gasteiger charge is -2.12. The summed E-state index contributed by atoms with van der Waals surface area (Å²) < 4.78 is 27.9. The molecule has 7 nitrogen and oxygen atoms in total. The van der Waals surface area contributed by atoms with E-state index in [0.29, 0.717) is 16.5 Å². The summed E-state index contributed by atoms with van der Waals surface area (Å²) in [6, 6.07) is 13.4. The van der Waals surface area contributed by atoms with Crippen LogP contribution in [0.1, 0.15) is 20.7 Å². The molecule has 3 aromatic carbocycles. The van der Waals surface area contributed by atoms with Crippen LogP contribution in [0.5, 0.6) is 5.75 Å². The number of fused-ring (bicyclic) bond motifs is 2. The standard InChI is InChI=1S/C18H12N2O5S/c21-16-8-7-15(11-3-1-2-4-12(11)16)20-26(24,25)10-5-6-13-14(9-10)18(23)19-17(13)22/h1-9,20-21H,(H,19,22,23). The van der Waals surface area contributed by atoms with Gasteiger partial charge in [0.05, 0.1) is 21.7 Å². The molecule has 0 aliphatic carbocycles. The summed E-state index contributed by atoms with van der Waals surface area (Å²) >= 11 is 0. The highest BCUT2D eigenvalue weighted by atomic mass is 32.2. The zero-order valence-electron chi connectivity index (χ0n) is 13.2. The highest BCUT2D eigenvalue weighted by Gasteiger charge is 2.29. The van der Waals surface area contributed by atoms with E-state index in [1.54, 1.807) is 24.3 Å². The van der Waals surface area contributed by atoms with Gasteiger partial charge in [-0.25, -0.2) is 8.42 Å². The molecule has 130 valence electrons. The molecule has 0 fully saturated rings. The Bertz CT molecular complexity index is 1200. The SMILES string of the molecule is O=C1NC(=O)c2cc(S(=O)(=O)Nc3ccc(O)c4ccccc34)ccc21. The van der Waals surface area contributed by atoms with Crippen molar-refractivity contribution in [3.05, 3.63) is 65.7 Å². The summed E-state index contributed by atoms with van der Waals surface area (Å²) in [5.74, 6) is -1.14. The molecule has 8 heteroatoms. The summed E-state index contributed by atoms with van der Waals surface area (Å²) in [5.41, 5.74) is 0.455. The van der Waals surface area contributed by atoms with Crippen molar-refractivity contribution in [3.8, 4) is 5.75 Å². The minimum atomic E-state index is -4.00. The number of anilines is 1. The second kappa shape index (κ2) is 5.57. The molecular formula is C18H12N2O5S. The van der Waals surface area contributed by atoms with Gasteiger partial charge >= 0.3 is 0 Å². The molecule has 1 aliphatic heterocycles. The number of carbonyl (C=O) groups excluding carboxylic acids is 2. The van der Waals surface area contributed by atoms with E-state index in [2.05, 4.69) is 10.0 Å². The van der Waals surface area contributed by atoms with Crippen molar-refractivity contribution in [2.75, 3.05) is 4.72 Å². The predicted octanol–water partition coefficient (Wildman–Crippen LogP) is 2.23. The summed E-state index contributed by atoms with van der Waals surface area (Å²) in [7, 11) is -4.00. The van der Waals surface area contributed by atoms with E-state index in [9.17, 15) is 23.1 Å². The van der Waals surface area contributed by atoms with Gasteiger partial charge in [-0.2, -0.15) is 0 Å². The van der Waals surface area contributed by atoms with Crippen LogP contribution >= 0.6 is 0 Å². The molecule has 0 spiro atoms. The number of phenols is 1. The Morgan fingerprint density at radius 3 is 2.31 bits per heavy atom. The number of nitrogens with one attached hydrogen (secondary N) is 2. The summed E-state index contributed by atoms with van der Waals surface area (Å²) in [6.07, 6.45) is 0. The average Bonchev–Trinajstić information content (AvgIpc) is 2.91. The Balaban J connectivity index is 1.78. The van der Waals surface area contributed by atoms with Crippen LogP contribution in [-0.4, -0.2) is 25.3 Å². The van der Waals surface area contributed by atoms with Crippen molar-refractivity contribution in [2.24, 2.45) is 0 Å². The smallest absolute Gasteiger partial charge is 0.261 e. The van der Waals surface area contributed by atoms with Crippen molar-refractivity contribution in [2.45, 2.75) is 4.90 Å². The van der Waals surface area contributed by atoms with Crippen molar-refractivity contribution in [1.82, 2.24) is 5.32 Å². The molecule has 0 aromatic heterocycles. The Morgan fingerprint density at radius 1 is 0.846 bits per heavy atom. The highest BCUT2D eigenvalue weighted by molar-refractivity contribution is 7.92. The molecule has 1 aliphatic rings. The number of amides is 2. The van der Waals surface area contributed by atoms with Gasteiger partial charge in [0.15, 0.2) is 0 Å². The molecule has 1 heterocycles. The van der Waals surface area contributed by atoms with Crippen molar-refractivity contribution >= 4 is 38.3 Å².